The van der Waals surface area contributed by atoms with Crippen LogP contribution >= 0.6 is 11.8 Å². The van der Waals surface area contributed by atoms with Crippen molar-refractivity contribution in [1.82, 2.24) is 5.32 Å². The van der Waals surface area contributed by atoms with E-state index in [0.717, 1.165) is 10.6 Å². The molecule has 0 bridgehead atoms. The predicted octanol–water partition coefficient (Wildman–Crippen LogP) is 1.38. The van der Waals surface area contributed by atoms with Crippen LogP contribution in [0.15, 0.2) is 29.2 Å². The van der Waals surface area contributed by atoms with E-state index in [1.807, 2.05) is 31.2 Å². The lowest BCUT2D eigenvalue weighted by molar-refractivity contribution is -0.137. The van der Waals surface area contributed by atoms with Crippen molar-refractivity contribution >= 4 is 23.6 Å². The maximum absolute atomic E-state index is 11.3. The lowest BCUT2D eigenvalue weighted by Gasteiger charge is -2.06. The van der Waals surface area contributed by atoms with Crippen molar-refractivity contribution < 1.29 is 19.4 Å². The molecule has 18 heavy (non-hydrogen) atoms. The van der Waals surface area contributed by atoms with E-state index >= 15 is 0 Å². The maximum Gasteiger partial charge on any atom is 0.322 e. The Hall–Kier alpha value is -1.69. The molecule has 0 aliphatic heterocycles. The molecular weight excluding hydrogens is 254 g/mol. The summed E-state index contributed by atoms with van der Waals surface area (Å²) < 4.78 is 5.34. The number of hydrogen-bond donors (Lipinski definition) is 2. The number of rotatable bonds is 7. The van der Waals surface area contributed by atoms with Crippen molar-refractivity contribution in [1.29, 1.82) is 0 Å². The largest absolute Gasteiger partial charge is 0.494 e. The Morgan fingerprint density at radius 3 is 2.89 bits per heavy atom. The van der Waals surface area contributed by atoms with Crippen LogP contribution in [0.25, 0.3) is 0 Å². The summed E-state index contributed by atoms with van der Waals surface area (Å²) in [5.74, 6) is -0.410. The highest BCUT2D eigenvalue weighted by Crippen LogP contribution is 2.22. The Labute approximate surface area is 110 Å². The fourth-order valence-electron chi connectivity index (χ4n) is 1.19. The normalized spacial score (nSPS) is 9.83. The van der Waals surface area contributed by atoms with Crippen molar-refractivity contribution in [2.75, 3.05) is 18.9 Å². The van der Waals surface area contributed by atoms with Gasteiger partial charge in [0.2, 0.25) is 5.91 Å². The van der Waals surface area contributed by atoms with Crippen LogP contribution in [0.1, 0.15) is 6.92 Å². The van der Waals surface area contributed by atoms with E-state index in [-0.39, 0.29) is 18.2 Å². The van der Waals surface area contributed by atoms with Gasteiger partial charge >= 0.3 is 5.97 Å². The molecule has 0 atom stereocenters. The van der Waals surface area contributed by atoms with Gasteiger partial charge in [-0.15, -0.1) is 11.8 Å². The Morgan fingerprint density at radius 2 is 2.22 bits per heavy atom. The van der Waals surface area contributed by atoms with Crippen LogP contribution in [-0.4, -0.2) is 35.9 Å². The van der Waals surface area contributed by atoms with Gasteiger partial charge < -0.3 is 15.2 Å². The minimum atomic E-state index is -1.05. The van der Waals surface area contributed by atoms with Crippen molar-refractivity contribution in [3.8, 4) is 5.75 Å². The molecule has 0 radical (unpaired) electrons. The van der Waals surface area contributed by atoms with Crippen LogP contribution in [0.5, 0.6) is 5.75 Å². The van der Waals surface area contributed by atoms with E-state index in [1.165, 1.54) is 11.8 Å². The van der Waals surface area contributed by atoms with Gasteiger partial charge in [0.05, 0.1) is 12.4 Å². The molecule has 0 heterocycles. The molecule has 0 saturated carbocycles. The first-order chi connectivity index (χ1) is 8.61. The predicted molar refractivity (Wildman–Crippen MR) is 69.0 cm³/mol. The molecule has 0 aliphatic carbocycles. The SMILES string of the molecule is CCOc1cccc(SCC(=O)NCC(=O)O)c1. The molecular formula is C12H15NO4S. The van der Waals surface area contributed by atoms with Crippen molar-refractivity contribution in [3.05, 3.63) is 24.3 Å². The number of nitrogens with one attached hydrogen (secondary N) is 1. The molecule has 98 valence electrons. The summed E-state index contributed by atoms with van der Waals surface area (Å²) in [5, 5.41) is 10.7. The molecule has 1 amide bonds. The molecule has 0 saturated heterocycles. The van der Waals surface area contributed by atoms with Gasteiger partial charge in [0.15, 0.2) is 0 Å². The van der Waals surface area contributed by atoms with Crippen LogP contribution in [0, 0.1) is 0 Å². The first-order valence-electron chi connectivity index (χ1n) is 5.46. The molecule has 0 aliphatic rings. The second-order valence-electron chi connectivity index (χ2n) is 3.37. The number of carboxylic acids is 1. The van der Waals surface area contributed by atoms with Crippen LogP contribution in [0.4, 0.5) is 0 Å². The van der Waals surface area contributed by atoms with Crippen LogP contribution in [0.2, 0.25) is 0 Å². The summed E-state index contributed by atoms with van der Waals surface area (Å²) in [6.07, 6.45) is 0. The molecule has 2 N–H and O–H groups in total. The molecule has 1 aromatic carbocycles. The number of carboxylic acid groups (broad SMARTS) is 1. The second kappa shape index (κ2) is 7.60. The number of aliphatic carboxylic acids is 1. The molecule has 1 rings (SSSR count). The Kier molecular flexibility index (Phi) is 6.07. The fourth-order valence-corrected chi connectivity index (χ4v) is 1.97. The molecule has 5 nitrogen and oxygen atoms in total. The van der Waals surface area contributed by atoms with Crippen molar-refractivity contribution in [2.45, 2.75) is 11.8 Å². The standard InChI is InChI=1S/C12H15NO4S/c1-2-17-9-4-3-5-10(6-9)18-8-11(14)13-7-12(15)16/h3-6H,2,7-8H2,1H3,(H,13,14)(H,15,16). The van der Waals surface area contributed by atoms with E-state index in [9.17, 15) is 9.59 Å². The summed E-state index contributed by atoms with van der Waals surface area (Å²) >= 11 is 1.34. The Bertz CT molecular complexity index is 422. The highest BCUT2D eigenvalue weighted by Gasteiger charge is 2.05. The quantitative estimate of drug-likeness (QED) is 0.731. The molecule has 1 aromatic rings. The molecule has 0 unspecified atom stereocenters. The summed E-state index contributed by atoms with van der Waals surface area (Å²) in [6.45, 7) is 2.14. The zero-order valence-corrected chi connectivity index (χ0v) is 10.8. The highest BCUT2D eigenvalue weighted by atomic mass is 32.2. The molecule has 0 aromatic heterocycles. The van der Waals surface area contributed by atoms with Gasteiger partial charge in [-0.05, 0) is 25.1 Å². The lowest BCUT2D eigenvalue weighted by atomic mass is 10.3. The number of carbonyl (C=O) groups is 2. The fraction of sp³-hybridized carbons (Fsp3) is 0.333. The lowest BCUT2D eigenvalue weighted by Crippen LogP contribution is -2.30. The second-order valence-corrected chi connectivity index (χ2v) is 4.42. The van der Waals surface area contributed by atoms with E-state index < -0.39 is 5.97 Å². The van der Waals surface area contributed by atoms with Gasteiger partial charge in [-0.2, -0.15) is 0 Å². The Balaban J connectivity index is 2.40. The average molecular weight is 269 g/mol. The van der Waals surface area contributed by atoms with Gasteiger partial charge in [-0.1, -0.05) is 6.07 Å². The van der Waals surface area contributed by atoms with Gasteiger partial charge in [-0.25, -0.2) is 0 Å². The number of thioether (sulfide) groups is 1. The van der Waals surface area contributed by atoms with Crippen LogP contribution < -0.4 is 10.1 Å². The Morgan fingerprint density at radius 1 is 1.44 bits per heavy atom. The minimum absolute atomic E-state index is 0.183. The first kappa shape index (κ1) is 14.4. The van der Waals surface area contributed by atoms with E-state index in [4.69, 9.17) is 9.84 Å². The third-order valence-electron chi connectivity index (χ3n) is 1.92. The zero-order valence-electron chi connectivity index (χ0n) is 10.0. The highest BCUT2D eigenvalue weighted by molar-refractivity contribution is 8.00. The number of benzene rings is 1. The van der Waals surface area contributed by atoms with E-state index in [0.29, 0.717) is 6.61 Å². The summed E-state index contributed by atoms with van der Waals surface area (Å²) in [4.78, 5) is 22.5. The monoisotopic (exact) mass is 269 g/mol. The topological polar surface area (TPSA) is 75.6 Å². The first-order valence-corrected chi connectivity index (χ1v) is 6.44. The van der Waals surface area contributed by atoms with Crippen molar-refractivity contribution in [2.24, 2.45) is 0 Å². The van der Waals surface area contributed by atoms with Crippen molar-refractivity contribution in [3.63, 3.8) is 0 Å². The minimum Gasteiger partial charge on any atom is -0.494 e. The molecule has 0 fully saturated rings. The zero-order chi connectivity index (χ0) is 13.4. The smallest absolute Gasteiger partial charge is 0.322 e. The third-order valence-corrected chi connectivity index (χ3v) is 2.92. The number of amides is 1. The van der Waals surface area contributed by atoms with Gasteiger partial charge in [0.25, 0.3) is 0 Å². The van der Waals surface area contributed by atoms with Gasteiger partial charge in [0, 0.05) is 4.90 Å². The third kappa shape index (κ3) is 5.58. The van der Waals surface area contributed by atoms with Crippen LogP contribution in [0.3, 0.4) is 0 Å². The van der Waals surface area contributed by atoms with Gasteiger partial charge in [0.1, 0.15) is 12.3 Å². The molecule has 6 heteroatoms. The maximum atomic E-state index is 11.3. The molecule has 0 spiro atoms. The van der Waals surface area contributed by atoms with Crippen LogP contribution in [-0.2, 0) is 9.59 Å². The summed E-state index contributed by atoms with van der Waals surface area (Å²) in [5.41, 5.74) is 0. The number of ether oxygens (including phenoxy) is 1. The number of hydrogen-bond acceptors (Lipinski definition) is 4. The van der Waals surface area contributed by atoms with E-state index in [1.54, 1.807) is 0 Å². The average Bonchev–Trinajstić information content (AvgIpc) is 2.35. The van der Waals surface area contributed by atoms with Gasteiger partial charge in [-0.3, -0.25) is 9.59 Å². The summed E-state index contributed by atoms with van der Waals surface area (Å²) in [6, 6.07) is 7.41. The van der Waals surface area contributed by atoms with E-state index in [2.05, 4.69) is 5.32 Å². The summed E-state index contributed by atoms with van der Waals surface area (Å²) in [7, 11) is 0. The number of carbonyl (C=O) groups excluding carboxylic acids is 1.